The molecule has 2 aromatic carbocycles. The third kappa shape index (κ3) is 4.67. The van der Waals surface area contributed by atoms with E-state index >= 15 is 0 Å². The Morgan fingerprint density at radius 3 is 1.35 bits per heavy atom. The van der Waals surface area contributed by atoms with Gasteiger partial charge in [0.25, 0.3) is 0 Å². The molecular weight excluding hydrogens is 551 g/mol. The van der Waals surface area contributed by atoms with Crippen molar-refractivity contribution < 1.29 is 17.4 Å². The molecule has 0 N–H and O–H groups in total. The molecule has 34 heavy (non-hydrogen) atoms. The topological polar surface area (TPSA) is 0 Å². The van der Waals surface area contributed by atoms with Crippen LogP contribution < -0.4 is 0 Å². The van der Waals surface area contributed by atoms with Crippen LogP contribution in [0.3, 0.4) is 0 Å². The number of fused-ring (bicyclic) bond motifs is 2. The maximum absolute atomic E-state index is 3.34. The quantitative estimate of drug-likeness (QED) is 0.293. The summed E-state index contributed by atoms with van der Waals surface area (Å²) in [4.78, 5) is 0. The fourth-order valence-corrected chi connectivity index (χ4v) is 28.6. The molecule has 2 aromatic rings. The van der Waals surface area contributed by atoms with Crippen molar-refractivity contribution in [2.75, 3.05) is 0 Å². The number of benzene rings is 2. The molecule has 0 radical (unpaired) electrons. The molecule has 2 aliphatic carbocycles. The van der Waals surface area contributed by atoms with Crippen LogP contribution in [0.15, 0.2) is 35.4 Å². The Hall–Kier alpha value is -0.400. The van der Waals surface area contributed by atoms with Gasteiger partial charge in [-0.25, -0.2) is 0 Å². The first kappa shape index (κ1) is 29.8. The SMILES string of the molecule is CCCc1c(C)ccc2c1C=C(C)[CH]2[Zr]([CH3])([CH3])(=[SiH2])[CH]1C(C)=Cc2c1ccc(C)c2CCC.Cl.Cl. The average molecular weight is 595 g/mol. The molecule has 0 amide bonds. The molecule has 0 aromatic heterocycles. The Bertz CT molecular complexity index is 1140. The first-order valence-electron chi connectivity index (χ1n) is 12.7. The summed E-state index contributed by atoms with van der Waals surface area (Å²) >= 11 is -3.34. The van der Waals surface area contributed by atoms with Crippen molar-refractivity contribution in [3.63, 3.8) is 0 Å². The Morgan fingerprint density at radius 2 is 1.03 bits per heavy atom. The molecule has 2 aliphatic rings. The van der Waals surface area contributed by atoms with Crippen LogP contribution in [0, 0.1) is 13.8 Å². The third-order valence-corrected chi connectivity index (χ3v) is 26.3. The van der Waals surface area contributed by atoms with Crippen LogP contribution in [0.1, 0.15) is 92.3 Å². The second-order valence-electron chi connectivity index (χ2n) is 11.8. The van der Waals surface area contributed by atoms with Crippen molar-refractivity contribution in [2.24, 2.45) is 0 Å². The average Bonchev–Trinajstić information content (AvgIpc) is 3.23. The van der Waals surface area contributed by atoms with Crippen molar-refractivity contribution in [3.05, 3.63) is 79.9 Å². The van der Waals surface area contributed by atoms with Gasteiger partial charge < -0.3 is 0 Å². The maximum Gasteiger partial charge on any atom is -0.147 e. The zero-order valence-corrected chi connectivity index (χ0v) is 28.0. The Balaban J connectivity index is 0.00000204. The Kier molecular flexibility index (Phi) is 9.24. The van der Waals surface area contributed by atoms with Crippen LogP contribution in [-0.4, -0.2) is 6.88 Å². The molecule has 186 valence electrons. The molecule has 4 rings (SSSR count). The molecule has 2 atom stereocenters. The molecule has 0 saturated heterocycles. The van der Waals surface area contributed by atoms with Crippen LogP contribution in [0.25, 0.3) is 12.2 Å². The summed E-state index contributed by atoms with van der Waals surface area (Å²) in [7, 11) is 0. The van der Waals surface area contributed by atoms with Crippen LogP contribution in [0.5, 0.6) is 0 Å². The molecule has 0 heterocycles. The predicted octanol–water partition coefficient (Wildman–Crippen LogP) is 9.00. The van der Waals surface area contributed by atoms with Gasteiger partial charge in [0.05, 0.1) is 0 Å². The van der Waals surface area contributed by atoms with E-state index in [9.17, 15) is 0 Å². The van der Waals surface area contributed by atoms with Gasteiger partial charge in [-0.3, -0.25) is 0 Å². The second kappa shape index (κ2) is 10.5. The van der Waals surface area contributed by atoms with Gasteiger partial charge in [-0.05, 0) is 0 Å². The van der Waals surface area contributed by atoms with Crippen LogP contribution in [0.2, 0.25) is 9.26 Å². The Labute approximate surface area is 223 Å². The summed E-state index contributed by atoms with van der Waals surface area (Å²) in [5.41, 5.74) is 15.8. The van der Waals surface area contributed by atoms with Crippen molar-refractivity contribution in [1.82, 2.24) is 0 Å². The largest absolute Gasteiger partial charge is 0.147 e. The fraction of sp³-hybridized carbons (Fsp3) is 0.467. The molecule has 0 bridgehead atoms. The molecule has 0 saturated carbocycles. The molecule has 4 heteroatoms. The zero-order chi connectivity index (χ0) is 23.4. The summed E-state index contributed by atoms with van der Waals surface area (Å²) in [5, 5.41) is 0. The molecule has 0 spiro atoms. The minimum absolute atomic E-state index is 0. The summed E-state index contributed by atoms with van der Waals surface area (Å²) in [6.45, 7) is 16.5. The zero-order valence-electron chi connectivity index (χ0n) is 22.5. The van der Waals surface area contributed by atoms with Crippen LogP contribution >= 0.6 is 24.8 Å². The van der Waals surface area contributed by atoms with Crippen molar-refractivity contribution in [3.8, 4) is 0 Å². The summed E-state index contributed by atoms with van der Waals surface area (Å²) in [6.07, 6.45) is 9.96. The summed E-state index contributed by atoms with van der Waals surface area (Å²) < 4.78 is 6.78. The van der Waals surface area contributed by atoms with E-state index in [0.717, 1.165) is 0 Å². The van der Waals surface area contributed by atoms with Gasteiger partial charge in [0.2, 0.25) is 0 Å². The van der Waals surface area contributed by atoms with E-state index in [1.807, 2.05) is 0 Å². The van der Waals surface area contributed by atoms with E-state index in [4.69, 9.17) is 0 Å². The van der Waals surface area contributed by atoms with Gasteiger partial charge in [-0.15, -0.1) is 24.8 Å². The third-order valence-electron chi connectivity index (χ3n) is 8.42. The van der Waals surface area contributed by atoms with E-state index in [-0.39, 0.29) is 24.8 Å². The van der Waals surface area contributed by atoms with E-state index in [2.05, 4.69) is 94.1 Å². The maximum atomic E-state index is 2.76. The Morgan fingerprint density at radius 1 is 0.676 bits per heavy atom. The number of hydrogen-bond acceptors (Lipinski definition) is 0. The smallest absolute Gasteiger partial charge is 0.147 e. The van der Waals surface area contributed by atoms with Crippen LogP contribution in [-0.2, 0) is 30.2 Å². The minimum atomic E-state index is -3.34. The predicted molar refractivity (Wildman–Crippen MR) is 158 cm³/mol. The summed E-state index contributed by atoms with van der Waals surface area (Å²) in [5.74, 6) is 0. The molecule has 0 aliphatic heterocycles. The van der Waals surface area contributed by atoms with Gasteiger partial charge in [-0.1, -0.05) is 0 Å². The normalized spacial score (nSPS) is 19.0. The number of hydrogen-bond donors (Lipinski definition) is 0. The molecule has 0 nitrogen and oxygen atoms in total. The first-order valence-corrected chi connectivity index (χ1v) is 26.4. The minimum Gasteiger partial charge on any atom is -0.147 e. The number of aryl methyl sites for hydroxylation is 2. The molecule has 2 unspecified atom stereocenters. The molecule has 0 fully saturated rings. The van der Waals surface area contributed by atoms with Crippen LogP contribution in [0.4, 0.5) is 0 Å². The summed E-state index contributed by atoms with van der Waals surface area (Å²) in [6, 6.07) is 9.79. The van der Waals surface area contributed by atoms with E-state index < -0.39 is 17.4 Å². The van der Waals surface area contributed by atoms with Gasteiger partial charge in [0, 0.05) is 0 Å². The number of allylic oxidation sites excluding steroid dienone is 2. The van der Waals surface area contributed by atoms with Gasteiger partial charge in [0.1, 0.15) is 0 Å². The number of rotatable bonds is 6. The van der Waals surface area contributed by atoms with Crippen molar-refractivity contribution in [2.45, 2.75) is 83.7 Å². The fourth-order valence-electron chi connectivity index (χ4n) is 7.39. The standard InChI is InChI=1S/2C14H17.2CH3.2ClH.H2Si.Zr/c2*1-4-5-13-11(3)6-7-12-8-10(2)9-14(12)13;;;;;;/h2*6-9H,4-5H2,1-3H3;2*1H3;2*1H;1H2;. The van der Waals surface area contributed by atoms with E-state index in [1.54, 1.807) is 44.5 Å². The van der Waals surface area contributed by atoms with Gasteiger partial charge in [-0.2, -0.15) is 0 Å². The molecular formula is C30H44Cl2SiZr. The van der Waals surface area contributed by atoms with Crippen molar-refractivity contribution >= 4 is 43.8 Å². The van der Waals surface area contributed by atoms with Crippen molar-refractivity contribution in [1.29, 1.82) is 0 Å². The van der Waals surface area contributed by atoms with Gasteiger partial charge >= 0.3 is 200 Å². The van der Waals surface area contributed by atoms with Gasteiger partial charge in [0.15, 0.2) is 0 Å². The number of halogens is 2. The second-order valence-corrected chi connectivity index (χ2v) is 42.3. The first-order chi connectivity index (χ1) is 15.0. The van der Waals surface area contributed by atoms with E-state index in [1.165, 1.54) is 36.8 Å². The monoisotopic (exact) mass is 592 g/mol. The van der Waals surface area contributed by atoms with E-state index in [0.29, 0.717) is 7.25 Å².